The molecule has 1 aromatic heterocycles. The maximum Gasteiger partial charge on any atom is 0.134 e. The molecule has 2 aromatic rings. The van der Waals surface area contributed by atoms with E-state index < -0.39 is 0 Å². The predicted octanol–water partition coefficient (Wildman–Crippen LogP) is 2.86. The first-order valence-electron chi connectivity index (χ1n) is 4.46. The lowest BCUT2D eigenvalue weighted by Gasteiger charge is -2.01. The average Bonchev–Trinajstić information content (AvgIpc) is 2.22. The minimum Gasteiger partial charge on any atom is -0.241 e. The van der Waals surface area contributed by atoms with E-state index in [1.807, 2.05) is 0 Å². The van der Waals surface area contributed by atoms with Crippen LogP contribution < -0.4 is 0 Å². The fourth-order valence-electron chi connectivity index (χ4n) is 1.27. The van der Waals surface area contributed by atoms with Crippen molar-refractivity contribution in [3.8, 4) is 0 Å². The van der Waals surface area contributed by atoms with E-state index in [1.54, 1.807) is 30.5 Å². The second-order valence-corrected chi connectivity index (χ2v) is 3.45. The molecule has 2 rings (SSSR count). The molecule has 0 fully saturated rings. The summed E-state index contributed by atoms with van der Waals surface area (Å²) in [7, 11) is 0. The van der Waals surface area contributed by atoms with Crippen LogP contribution in [0.2, 0.25) is 5.15 Å². The summed E-state index contributed by atoms with van der Waals surface area (Å²) < 4.78 is 13.3. The van der Waals surface area contributed by atoms with Gasteiger partial charge in [0.05, 0.1) is 0 Å². The molecule has 0 saturated heterocycles. The second kappa shape index (κ2) is 4.36. The highest BCUT2D eigenvalue weighted by atomic mass is 35.5. The number of rotatable bonds is 2. The van der Waals surface area contributed by atoms with Gasteiger partial charge in [-0.25, -0.2) is 14.4 Å². The van der Waals surface area contributed by atoms with Gasteiger partial charge in [-0.15, -0.1) is 0 Å². The Bertz CT molecular complexity index is 474. The molecular formula is C11H8ClFN2. The summed E-state index contributed by atoms with van der Waals surface area (Å²) >= 11 is 5.71. The topological polar surface area (TPSA) is 25.8 Å². The van der Waals surface area contributed by atoms with Crippen LogP contribution in [-0.2, 0) is 6.42 Å². The number of benzene rings is 1. The highest BCUT2D eigenvalue weighted by molar-refractivity contribution is 6.29. The largest absolute Gasteiger partial charge is 0.241 e. The number of aromatic nitrogens is 2. The lowest BCUT2D eigenvalue weighted by atomic mass is 10.1. The Morgan fingerprint density at radius 2 is 2.00 bits per heavy atom. The zero-order chi connectivity index (χ0) is 10.7. The van der Waals surface area contributed by atoms with Gasteiger partial charge < -0.3 is 0 Å². The second-order valence-electron chi connectivity index (χ2n) is 3.06. The molecule has 1 heterocycles. The van der Waals surface area contributed by atoms with Crippen LogP contribution in [0.5, 0.6) is 0 Å². The number of hydrogen-bond acceptors (Lipinski definition) is 2. The average molecular weight is 223 g/mol. The van der Waals surface area contributed by atoms with Gasteiger partial charge in [0.25, 0.3) is 0 Å². The molecule has 0 aliphatic carbocycles. The highest BCUT2D eigenvalue weighted by Gasteiger charge is 2.04. The quantitative estimate of drug-likeness (QED) is 0.731. The first kappa shape index (κ1) is 10.1. The van der Waals surface area contributed by atoms with Crippen molar-refractivity contribution in [2.24, 2.45) is 0 Å². The van der Waals surface area contributed by atoms with Crippen molar-refractivity contribution in [3.05, 3.63) is 58.9 Å². The zero-order valence-electron chi connectivity index (χ0n) is 7.82. The summed E-state index contributed by atoms with van der Waals surface area (Å²) in [6.07, 6.45) is 1.92. The zero-order valence-corrected chi connectivity index (χ0v) is 8.58. The molecule has 0 spiro atoms. The van der Waals surface area contributed by atoms with Gasteiger partial charge in [0, 0.05) is 12.6 Å². The van der Waals surface area contributed by atoms with Crippen molar-refractivity contribution in [2.45, 2.75) is 6.42 Å². The van der Waals surface area contributed by atoms with Gasteiger partial charge in [0.15, 0.2) is 0 Å². The van der Waals surface area contributed by atoms with E-state index in [2.05, 4.69) is 9.97 Å². The summed E-state index contributed by atoms with van der Waals surface area (Å²) in [5.41, 5.74) is 0.569. The third-order valence-corrected chi connectivity index (χ3v) is 2.19. The van der Waals surface area contributed by atoms with Gasteiger partial charge in [-0.05, 0) is 17.7 Å². The predicted molar refractivity (Wildman–Crippen MR) is 56.2 cm³/mol. The maximum atomic E-state index is 13.3. The van der Waals surface area contributed by atoms with Gasteiger partial charge in [-0.2, -0.15) is 0 Å². The van der Waals surface area contributed by atoms with Gasteiger partial charge in [-0.1, -0.05) is 29.8 Å². The van der Waals surface area contributed by atoms with Crippen molar-refractivity contribution in [2.75, 3.05) is 0 Å². The van der Waals surface area contributed by atoms with Crippen molar-refractivity contribution in [1.82, 2.24) is 9.97 Å². The van der Waals surface area contributed by atoms with Gasteiger partial charge in [0.1, 0.15) is 16.8 Å². The summed E-state index contributed by atoms with van der Waals surface area (Å²) in [4.78, 5) is 8.01. The molecule has 0 N–H and O–H groups in total. The van der Waals surface area contributed by atoms with E-state index >= 15 is 0 Å². The van der Waals surface area contributed by atoms with Gasteiger partial charge >= 0.3 is 0 Å². The minimum atomic E-state index is -0.249. The van der Waals surface area contributed by atoms with Crippen LogP contribution in [-0.4, -0.2) is 9.97 Å². The normalized spacial score (nSPS) is 10.3. The first-order chi connectivity index (χ1) is 7.25. The van der Waals surface area contributed by atoms with Gasteiger partial charge in [-0.3, -0.25) is 0 Å². The number of nitrogens with zero attached hydrogens (tertiary/aromatic N) is 2. The van der Waals surface area contributed by atoms with Crippen LogP contribution in [0.1, 0.15) is 11.4 Å². The lowest BCUT2D eigenvalue weighted by molar-refractivity contribution is 0.612. The molecule has 0 unspecified atom stereocenters. The van der Waals surface area contributed by atoms with Crippen LogP contribution in [0.25, 0.3) is 0 Å². The van der Waals surface area contributed by atoms with Crippen LogP contribution in [0.15, 0.2) is 36.5 Å². The molecule has 0 radical (unpaired) electrons. The molecule has 15 heavy (non-hydrogen) atoms. The molecule has 1 aromatic carbocycles. The smallest absolute Gasteiger partial charge is 0.134 e. The standard InChI is InChI=1S/C11H8ClFN2/c12-10-5-6-14-11(15-10)7-8-3-1-2-4-9(8)13/h1-6H,7H2. The highest BCUT2D eigenvalue weighted by Crippen LogP contribution is 2.11. The molecule has 4 heteroatoms. The van der Waals surface area contributed by atoms with Crippen LogP contribution >= 0.6 is 11.6 Å². The molecule has 0 atom stereocenters. The van der Waals surface area contributed by atoms with Crippen LogP contribution in [0.4, 0.5) is 4.39 Å². The summed E-state index contributed by atoms with van der Waals surface area (Å²) in [5, 5.41) is 0.372. The summed E-state index contributed by atoms with van der Waals surface area (Å²) in [6.45, 7) is 0. The Morgan fingerprint density at radius 1 is 1.20 bits per heavy atom. The molecular weight excluding hydrogens is 215 g/mol. The Kier molecular flexibility index (Phi) is 2.92. The van der Waals surface area contributed by atoms with E-state index in [1.165, 1.54) is 6.07 Å². The monoisotopic (exact) mass is 222 g/mol. The van der Waals surface area contributed by atoms with E-state index in [0.29, 0.717) is 23.0 Å². The van der Waals surface area contributed by atoms with Crippen molar-refractivity contribution in [1.29, 1.82) is 0 Å². The van der Waals surface area contributed by atoms with E-state index in [-0.39, 0.29) is 5.82 Å². The minimum absolute atomic E-state index is 0.249. The van der Waals surface area contributed by atoms with E-state index in [4.69, 9.17) is 11.6 Å². The van der Waals surface area contributed by atoms with E-state index in [9.17, 15) is 4.39 Å². The Labute approximate surface area is 91.8 Å². The Morgan fingerprint density at radius 3 is 2.73 bits per heavy atom. The van der Waals surface area contributed by atoms with Crippen LogP contribution in [0.3, 0.4) is 0 Å². The molecule has 76 valence electrons. The SMILES string of the molecule is Fc1ccccc1Cc1nccc(Cl)n1. The Balaban J connectivity index is 2.26. The molecule has 0 aliphatic rings. The maximum absolute atomic E-state index is 13.3. The number of halogens is 2. The molecule has 0 amide bonds. The fraction of sp³-hybridized carbons (Fsp3) is 0.0909. The molecule has 2 nitrogen and oxygen atoms in total. The third kappa shape index (κ3) is 2.50. The number of hydrogen-bond donors (Lipinski definition) is 0. The molecule has 0 saturated carbocycles. The first-order valence-corrected chi connectivity index (χ1v) is 4.84. The third-order valence-electron chi connectivity index (χ3n) is 1.98. The van der Waals surface area contributed by atoms with Crippen molar-refractivity contribution < 1.29 is 4.39 Å². The summed E-state index contributed by atoms with van der Waals surface area (Å²) in [6, 6.07) is 8.15. The summed E-state index contributed by atoms with van der Waals surface area (Å²) in [5.74, 6) is 0.272. The molecule has 0 aliphatic heterocycles. The van der Waals surface area contributed by atoms with Gasteiger partial charge in [0.2, 0.25) is 0 Å². The Hall–Kier alpha value is -1.48. The fourth-order valence-corrected chi connectivity index (χ4v) is 1.43. The van der Waals surface area contributed by atoms with Crippen molar-refractivity contribution in [3.63, 3.8) is 0 Å². The van der Waals surface area contributed by atoms with Crippen LogP contribution in [0, 0.1) is 5.82 Å². The lowest BCUT2D eigenvalue weighted by Crippen LogP contribution is -1.98. The van der Waals surface area contributed by atoms with Crippen molar-refractivity contribution >= 4 is 11.6 Å². The van der Waals surface area contributed by atoms with E-state index in [0.717, 1.165) is 0 Å². The molecule has 0 bridgehead atoms.